The van der Waals surface area contributed by atoms with E-state index in [4.69, 9.17) is 67.8 Å². The summed E-state index contributed by atoms with van der Waals surface area (Å²) in [6, 6.07) is 0. The minimum atomic E-state index is -0.720. The zero-order chi connectivity index (χ0) is 22.1. The van der Waals surface area contributed by atoms with Crippen molar-refractivity contribution in [3.63, 3.8) is 0 Å². The summed E-state index contributed by atoms with van der Waals surface area (Å²) in [7, 11) is 0. The molecule has 0 fully saturated rings. The Morgan fingerprint density at radius 3 is 0.862 bits per heavy atom. The van der Waals surface area contributed by atoms with Gasteiger partial charge >= 0.3 is 0 Å². The molecule has 4 nitrogen and oxygen atoms in total. The lowest BCUT2D eigenvalue weighted by Crippen LogP contribution is -2.43. The summed E-state index contributed by atoms with van der Waals surface area (Å²) < 4.78 is 23.2. The van der Waals surface area contributed by atoms with Gasteiger partial charge in [0.05, 0.1) is 0 Å². The van der Waals surface area contributed by atoms with Gasteiger partial charge in [0.1, 0.15) is 31.8 Å². The third-order valence-corrected chi connectivity index (χ3v) is 5.60. The van der Waals surface area contributed by atoms with Gasteiger partial charge in [0, 0.05) is 25.7 Å². The Labute approximate surface area is 217 Å². The van der Waals surface area contributed by atoms with Crippen molar-refractivity contribution in [1.82, 2.24) is 0 Å². The van der Waals surface area contributed by atoms with Gasteiger partial charge in [0.15, 0.2) is 20.2 Å². The molecule has 0 unspecified atom stereocenters. The summed E-state index contributed by atoms with van der Waals surface area (Å²) in [5, 5.41) is 1.83. The fourth-order valence-electron chi connectivity index (χ4n) is 1.84. The van der Waals surface area contributed by atoms with E-state index in [0.29, 0.717) is 68.9 Å². The molecule has 0 heterocycles. The van der Waals surface area contributed by atoms with Gasteiger partial charge in [-0.15, -0.1) is 0 Å². The van der Waals surface area contributed by atoms with Crippen molar-refractivity contribution in [1.29, 1.82) is 0 Å². The van der Waals surface area contributed by atoms with Gasteiger partial charge in [-0.2, -0.15) is 50.5 Å². The van der Waals surface area contributed by atoms with E-state index in [1.807, 2.05) is 0 Å². The maximum atomic E-state index is 5.79. The van der Waals surface area contributed by atoms with Crippen LogP contribution in [0.25, 0.3) is 0 Å². The van der Waals surface area contributed by atoms with Gasteiger partial charge in [0.2, 0.25) is 0 Å². The number of hydrogen-bond acceptors (Lipinski definition) is 12. The van der Waals surface area contributed by atoms with Gasteiger partial charge in [-0.3, -0.25) is 0 Å². The first kappa shape index (κ1) is 30.0. The molecule has 0 spiro atoms. The molecular weight excluding hydrogens is 525 g/mol. The van der Waals surface area contributed by atoms with Crippen molar-refractivity contribution < 1.29 is 18.9 Å². The molecule has 0 saturated heterocycles. The predicted octanol–water partition coefficient (Wildman–Crippen LogP) is 4.63. The van der Waals surface area contributed by atoms with Gasteiger partial charge < -0.3 is 18.9 Å². The summed E-state index contributed by atoms with van der Waals surface area (Å²) in [6.07, 6.45) is 2.24. The molecule has 0 aliphatic rings. The Balaban J connectivity index is 5.35. The van der Waals surface area contributed by atoms with Crippen LogP contribution in [0.1, 0.15) is 25.7 Å². The van der Waals surface area contributed by atoms with E-state index in [1.54, 1.807) is 0 Å². The standard InChI is InChI=1S/C17H28O4S8/c22-5-1-13(26)18-9-17(10-19-14(27)2-6-23,11-20-15(28)3-7-24)12-21-16(29)4-8-25/h22-25H,1-12H2. The van der Waals surface area contributed by atoms with Gasteiger partial charge in [0.25, 0.3) is 0 Å². The van der Waals surface area contributed by atoms with Crippen LogP contribution in [0, 0.1) is 5.41 Å². The maximum Gasteiger partial charge on any atom is 0.160 e. The summed E-state index contributed by atoms with van der Waals surface area (Å²) >= 11 is 37.7. The average Bonchev–Trinajstić information content (AvgIpc) is 2.68. The normalized spacial score (nSPS) is 10.9. The minimum Gasteiger partial charge on any atom is -0.486 e. The molecule has 12 heteroatoms. The largest absolute Gasteiger partial charge is 0.486 e. The Kier molecular flexibility index (Phi) is 19.1. The van der Waals surface area contributed by atoms with Crippen LogP contribution in [0.15, 0.2) is 0 Å². The third kappa shape index (κ3) is 15.4. The van der Waals surface area contributed by atoms with Crippen LogP contribution < -0.4 is 0 Å². The number of thiocarbonyl (C=S) groups is 4. The topological polar surface area (TPSA) is 36.9 Å². The first-order valence-corrected chi connectivity index (χ1v) is 13.0. The lowest BCUT2D eigenvalue weighted by atomic mass is 9.92. The molecule has 168 valence electrons. The number of rotatable bonds is 16. The van der Waals surface area contributed by atoms with Crippen molar-refractivity contribution in [2.24, 2.45) is 5.41 Å². The van der Waals surface area contributed by atoms with Gasteiger partial charge in [-0.1, -0.05) is 0 Å². The molecule has 0 aromatic carbocycles. The molecule has 0 rings (SSSR count). The van der Waals surface area contributed by atoms with Crippen molar-refractivity contribution in [2.75, 3.05) is 49.4 Å². The van der Waals surface area contributed by atoms with Crippen molar-refractivity contribution >= 4 is 120 Å². The van der Waals surface area contributed by atoms with E-state index in [1.165, 1.54) is 0 Å². The van der Waals surface area contributed by atoms with Crippen LogP contribution >= 0.6 is 99.4 Å². The Morgan fingerprint density at radius 1 is 0.483 bits per heavy atom. The minimum absolute atomic E-state index is 0.204. The highest BCUT2D eigenvalue weighted by molar-refractivity contribution is 7.82. The van der Waals surface area contributed by atoms with E-state index >= 15 is 0 Å². The van der Waals surface area contributed by atoms with E-state index in [2.05, 4.69) is 50.5 Å². The molecule has 0 bridgehead atoms. The second-order valence-corrected chi connectivity index (χ2v) is 9.65. The maximum absolute atomic E-state index is 5.79. The van der Waals surface area contributed by atoms with Crippen LogP contribution in [-0.2, 0) is 18.9 Å². The fourth-order valence-corrected chi connectivity index (χ4v) is 3.90. The average molecular weight is 553 g/mol. The van der Waals surface area contributed by atoms with Crippen LogP contribution in [0.2, 0.25) is 0 Å². The van der Waals surface area contributed by atoms with Crippen LogP contribution in [0.3, 0.4) is 0 Å². The molecule has 0 amide bonds. The monoisotopic (exact) mass is 552 g/mol. The third-order valence-electron chi connectivity index (χ3n) is 3.42. The fraction of sp³-hybridized carbons (Fsp3) is 0.765. The Bertz CT molecular complexity index is 436. The molecule has 0 aliphatic heterocycles. The summed E-state index contributed by atoms with van der Waals surface area (Å²) in [5.41, 5.74) is -0.720. The van der Waals surface area contributed by atoms with Gasteiger partial charge in [-0.05, 0) is 71.9 Å². The van der Waals surface area contributed by atoms with Crippen molar-refractivity contribution in [2.45, 2.75) is 25.7 Å². The molecule has 29 heavy (non-hydrogen) atoms. The summed E-state index contributed by atoms with van der Waals surface area (Å²) in [4.78, 5) is 0. The molecule has 0 saturated carbocycles. The summed E-state index contributed by atoms with van der Waals surface area (Å²) in [5.74, 6) is 2.39. The second-order valence-electron chi connectivity index (χ2n) is 6.04. The Hall–Kier alpha value is 0.960. The van der Waals surface area contributed by atoms with Crippen molar-refractivity contribution in [3.05, 3.63) is 0 Å². The quantitative estimate of drug-likeness (QED) is 0.163. The molecule has 0 aliphatic carbocycles. The highest BCUT2D eigenvalue weighted by atomic mass is 32.1. The van der Waals surface area contributed by atoms with Crippen LogP contribution in [-0.4, -0.2) is 69.6 Å². The second kappa shape index (κ2) is 18.5. The first-order chi connectivity index (χ1) is 13.8. The highest BCUT2D eigenvalue weighted by Gasteiger charge is 2.36. The number of ether oxygens (including phenoxy) is 4. The highest BCUT2D eigenvalue weighted by Crippen LogP contribution is 2.23. The predicted molar refractivity (Wildman–Crippen MR) is 151 cm³/mol. The number of hydrogen-bond donors (Lipinski definition) is 4. The Morgan fingerprint density at radius 2 is 0.690 bits per heavy atom. The van der Waals surface area contributed by atoms with E-state index < -0.39 is 5.41 Å². The van der Waals surface area contributed by atoms with Gasteiger partial charge in [-0.25, -0.2) is 0 Å². The number of thiol groups is 4. The van der Waals surface area contributed by atoms with E-state index in [-0.39, 0.29) is 26.4 Å². The molecule has 0 atom stereocenters. The van der Waals surface area contributed by atoms with Crippen LogP contribution in [0.5, 0.6) is 0 Å². The molecule has 0 N–H and O–H groups in total. The summed E-state index contributed by atoms with van der Waals surface area (Å²) in [6.45, 7) is 0.818. The molecule has 0 radical (unpaired) electrons. The first-order valence-electron chi connectivity index (χ1n) is 8.88. The zero-order valence-electron chi connectivity index (χ0n) is 16.0. The molecule has 0 aromatic rings. The van der Waals surface area contributed by atoms with Crippen molar-refractivity contribution in [3.8, 4) is 0 Å². The van der Waals surface area contributed by atoms with E-state index in [0.717, 1.165) is 0 Å². The molecular formula is C17H28O4S8. The smallest absolute Gasteiger partial charge is 0.160 e. The zero-order valence-corrected chi connectivity index (χ0v) is 22.9. The lowest BCUT2D eigenvalue weighted by molar-refractivity contribution is -0.0157. The van der Waals surface area contributed by atoms with E-state index in [9.17, 15) is 0 Å². The SMILES string of the molecule is S=C(CCS)OCC(COC(=S)CCS)(COC(=S)CCS)COC(=S)CCS. The lowest BCUT2D eigenvalue weighted by Gasteiger charge is -2.33. The van der Waals surface area contributed by atoms with Crippen LogP contribution in [0.4, 0.5) is 0 Å². The molecule has 0 aromatic heterocycles.